The van der Waals surface area contributed by atoms with Crippen molar-refractivity contribution in [3.8, 4) is 0 Å². The molecule has 0 aliphatic heterocycles. The summed E-state index contributed by atoms with van der Waals surface area (Å²) in [5.74, 6) is 0.808. The number of allylic oxidation sites excluding steroid dienone is 6. The zero-order valence-corrected chi connectivity index (χ0v) is 10.1. The van der Waals surface area contributed by atoms with E-state index in [-0.39, 0.29) is 0 Å². The zero-order valence-electron chi connectivity index (χ0n) is 10.1. The minimum Gasteiger partial charge on any atom is -0.0822 e. The minimum atomic E-state index is 0.808. The first-order chi connectivity index (χ1) is 7.24. The molecule has 0 nitrogen and oxygen atoms in total. The van der Waals surface area contributed by atoms with Crippen LogP contribution in [0.4, 0.5) is 0 Å². The molecule has 1 unspecified atom stereocenters. The van der Waals surface area contributed by atoms with Crippen molar-refractivity contribution in [2.24, 2.45) is 5.92 Å². The fourth-order valence-corrected chi connectivity index (χ4v) is 2.69. The van der Waals surface area contributed by atoms with Crippen molar-refractivity contribution >= 4 is 0 Å². The maximum atomic E-state index is 2.50. The molecule has 0 saturated heterocycles. The summed E-state index contributed by atoms with van der Waals surface area (Å²) in [5, 5.41) is 0. The molecule has 0 spiro atoms. The van der Waals surface area contributed by atoms with Crippen molar-refractivity contribution in [1.29, 1.82) is 0 Å². The molecule has 2 rings (SSSR count). The van der Waals surface area contributed by atoms with Gasteiger partial charge in [0.05, 0.1) is 0 Å². The summed E-state index contributed by atoms with van der Waals surface area (Å²) >= 11 is 0. The van der Waals surface area contributed by atoms with Gasteiger partial charge in [0.1, 0.15) is 0 Å². The molecule has 0 bridgehead atoms. The van der Waals surface area contributed by atoms with Crippen molar-refractivity contribution in [2.75, 3.05) is 0 Å². The lowest BCUT2D eigenvalue weighted by molar-refractivity contribution is 0.562. The van der Waals surface area contributed by atoms with Gasteiger partial charge in [-0.2, -0.15) is 0 Å². The van der Waals surface area contributed by atoms with Crippen LogP contribution in [0.2, 0.25) is 0 Å². The standard InChI is InChI=1S/C15H22/c1-12-5-3-7-14(9-12)11-15-8-4-6-13(2)10-15/h7,9-10,13H,3-6,8,11H2,1-2H3. The van der Waals surface area contributed by atoms with E-state index >= 15 is 0 Å². The predicted octanol–water partition coefficient (Wildman–Crippen LogP) is 4.79. The highest BCUT2D eigenvalue weighted by Gasteiger charge is 2.11. The lowest BCUT2D eigenvalue weighted by atomic mass is 9.87. The molecule has 0 radical (unpaired) electrons. The van der Waals surface area contributed by atoms with Crippen LogP contribution in [-0.2, 0) is 0 Å². The molecule has 2 aliphatic rings. The van der Waals surface area contributed by atoms with Crippen molar-refractivity contribution in [2.45, 2.75) is 52.4 Å². The third-order valence-corrected chi connectivity index (χ3v) is 3.49. The van der Waals surface area contributed by atoms with Crippen molar-refractivity contribution in [3.05, 3.63) is 34.9 Å². The van der Waals surface area contributed by atoms with Gasteiger partial charge in [0, 0.05) is 0 Å². The SMILES string of the molecule is CC1=CC(CC2=CC(C)CCC2)=CCC1. The van der Waals surface area contributed by atoms with E-state index in [1.807, 2.05) is 0 Å². The Balaban J connectivity index is 2.00. The highest BCUT2D eigenvalue weighted by molar-refractivity contribution is 5.31. The molecule has 0 aromatic rings. The molecular weight excluding hydrogens is 180 g/mol. The summed E-state index contributed by atoms with van der Waals surface area (Å²) in [7, 11) is 0. The first kappa shape index (κ1) is 10.7. The molecule has 1 atom stereocenters. The van der Waals surface area contributed by atoms with E-state index in [1.54, 1.807) is 16.7 Å². The van der Waals surface area contributed by atoms with E-state index in [2.05, 4.69) is 32.1 Å². The van der Waals surface area contributed by atoms with Crippen LogP contribution in [0.15, 0.2) is 34.9 Å². The van der Waals surface area contributed by atoms with Gasteiger partial charge < -0.3 is 0 Å². The Morgan fingerprint density at radius 3 is 2.93 bits per heavy atom. The van der Waals surface area contributed by atoms with E-state index in [4.69, 9.17) is 0 Å². The van der Waals surface area contributed by atoms with Gasteiger partial charge in [-0.25, -0.2) is 0 Å². The number of rotatable bonds is 2. The van der Waals surface area contributed by atoms with Gasteiger partial charge in [-0.05, 0) is 56.9 Å². The van der Waals surface area contributed by atoms with Crippen LogP contribution in [0.1, 0.15) is 52.4 Å². The van der Waals surface area contributed by atoms with Crippen LogP contribution < -0.4 is 0 Å². The average molecular weight is 202 g/mol. The van der Waals surface area contributed by atoms with Crippen molar-refractivity contribution in [3.63, 3.8) is 0 Å². The van der Waals surface area contributed by atoms with Crippen LogP contribution >= 0.6 is 0 Å². The molecule has 15 heavy (non-hydrogen) atoms. The fourth-order valence-electron chi connectivity index (χ4n) is 2.69. The predicted molar refractivity (Wildman–Crippen MR) is 66.8 cm³/mol. The van der Waals surface area contributed by atoms with Gasteiger partial charge in [-0.1, -0.05) is 36.3 Å². The quantitative estimate of drug-likeness (QED) is 0.565. The summed E-state index contributed by atoms with van der Waals surface area (Å²) < 4.78 is 0. The van der Waals surface area contributed by atoms with Crippen molar-refractivity contribution < 1.29 is 0 Å². The smallest absolute Gasteiger partial charge is 0.00702 e. The Bertz CT molecular complexity index is 315. The maximum absolute atomic E-state index is 2.50. The van der Waals surface area contributed by atoms with Crippen LogP contribution in [0.3, 0.4) is 0 Å². The van der Waals surface area contributed by atoms with Gasteiger partial charge in [-0.15, -0.1) is 0 Å². The Hall–Kier alpha value is -0.780. The molecule has 0 N–H and O–H groups in total. The molecule has 0 heteroatoms. The molecule has 0 heterocycles. The first-order valence-corrected chi connectivity index (χ1v) is 6.30. The lowest BCUT2D eigenvalue weighted by Crippen LogP contribution is -2.02. The molecule has 0 fully saturated rings. The third-order valence-electron chi connectivity index (χ3n) is 3.49. The molecular formula is C15H22. The second-order valence-corrected chi connectivity index (χ2v) is 5.18. The number of hydrogen-bond donors (Lipinski definition) is 0. The van der Waals surface area contributed by atoms with Gasteiger partial charge >= 0.3 is 0 Å². The summed E-state index contributed by atoms with van der Waals surface area (Å²) in [5.41, 5.74) is 4.78. The van der Waals surface area contributed by atoms with E-state index < -0.39 is 0 Å². The Morgan fingerprint density at radius 2 is 2.20 bits per heavy atom. The summed E-state index contributed by atoms with van der Waals surface area (Å²) in [6.45, 7) is 4.60. The average Bonchev–Trinajstić information content (AvgIpc) is 2.17. The molecule has 0 aromatic heterocycles. The molecule has 0 amide bonds. The van der Waals surface area contributed by atoms with Gasteiger partial charge in [-0.3, -0.25) is 0 Å². The zero-order chi connectivity index (χ0) is 10.7. The second kappa shape index (κ2) is 4.83. The monoisotopic (exact) mass is 202 g/mol. The van der Waals surface area contributed by atoms with Gasteiger partial charge in [0.15, 0.2) is 0 Å². The van der Waals surface area contributed by atoms with Gasteiger partial charge in [0.25, 0.3) is 0 Å². The number of hydrogen-bond acceptors (Lipinski definition) is 0. The van der Waals surface area contributed by atoms with Gasteiger partial charge in [0.2, 0.25) is 0 Å². The first-order valence-electron chi connectivity index (χ1n) is 6.30. The third kappa shape index (κ3) is 3.09. The Labute approximate surface area is 93.8 Å². The van der Waals surface area contributed by atoms with E-state index in [0.29, 0.717) is 0 Å². The van der Waals surface area contributed by atoms with E-state index in [1.165, 1.54) is 38.5 Å². The molecule has 2 aliphatic carbocycles. The lowest BCUT2D eigenvalue weighted by Gasteiger charge is -2.19. The van der Waals surface area contributed by atoms with E-state index in [9.17, 15) is 0 Å². The topological polar surface area (TPSA) is 0 Å². The molecule has 0 aromatic carbocycles. The Kier molecular flexibility index (Phi) is 3.45. The van der Waals surface area contributed by atoms with Crippen LogP contribution in [0.25, 0.3) is 0 Å². The van der Waals surface area contributed by atoms with Crippen molar-refractivity contribution in [1.82, 2.24) is 0 Å². The summed E-state index contributed by atoms with van der Waals surface area (Å²) in [6, 6.07) is 0. The highest BCUT2D eigenvalue weighted by atomic mass is 14.2. The summed E-state index contributed by atoms with van der Waals surface area (Å²) in [4.78, 5) is 0. The maximum Gasteiger partial charge on any atom is -0.00702 e. The van der Waals surface area contributed by atoms with E-state index in [0.717, 1.165) is 5.92 Å². The van der Waals surface area contributed by atoms with Crippen LogP contribution in [-0.4, -0.2) is 0 Å². The normalized spacial score (nSPS) is 26.8. The largest absolute Gasteiger partial charge is 0.0822 e. The van der Waals surface area contributed by atoms with Crippen LogP contribution in [0.5, 0.6) is 0 Å². The second-order valence-electron chi connectivity index (χ2n) is 5.18. The Morgan fingerprint density at radius 1 is 1.33 bits per heavy atom. The minimum absolute atomic E-state index is 0.808. The highest BCUT2D eigenvalue weighted by Crippen LogP contribution is 2.29. The molecule has 82 valence electrons. The summed E-state index contributed by atoms with van der Waals surface area (Å²) in [6.07, 6.45) is 15.1. The molecule has 0 saturated carbocycles. The fraction of sp³-hybridized carbons (Fsp3) is 0.600. The van der Waals surface area contributed by atoms with Crippen LogP contribution in [0, 0.1) is 5.92 Å².